The third-order valence-corrected chi connectivity index (χ3v) is 2.31. The van der Waals surface area contributed by atoms with Crippen LogP contribution in [0.15, 0.2) is 66.3 Å². The van der Waals surface area contributed by atoms with Gasteiger partial charge in [0.15, 0.2) is 0 Å². The van der Waals surface area contributed by atoms with E-state index in [1.54, 1.807) is 36.4 Å². The molecule has 2 N–H and O–H groups in total. The van der Waals surface area contributed by atoms with Crippen molar-refractivity contribution in [1.82, 2.24) is 0 Å². The summed E-state index contributed by atoms with van der Waals surface area (Å²) in [5, 5.41) is 11.7. The molecule has 2 rings (SSSR count). The fourth-order valence-corrected chi connectivity index (χ4v) is 1.42. The Bertz CT molecular complexity index is 476. The van der Waals surface area contributed by atoms with Crippen LogP contribution in [0.1, 0.15) is 5.56 Å². The van der Waals surface area contributed by atoms with Gasteiger partial charge in [0, 0.05) is 5.69 Å². The number of allylic oxidation sites excluding steroid dienone is 7. The Kier molecular flexibility index (Phi) is 2.92. The van der Waals surface area contributed by atoms with E-state index in [1.807, 2.05) is 24.3 Å². The predicted molar refractivity (Wildman–Crippen MR) is 65.2 cm³/mol. The normalized spacial score (nSPS) is 14.5. The molecule has 0 atom stereocenters. The third-order valence-electron chi connectivity index (χ3n) is 2.31. The van der Waals surface area contributed by atoms with Crippen molar-refractivity contribution < 1.29 is 5.11 Å². The molecule has 1 aromatic carbocycles. The molecule has 0 saturated heterocycles. The Labute approximate surface area is 94.7 Å². The van der Waals surface area contributed by atoms with Crippen molar-refractivity contribution in [2.75, 3.05) is 5.73 Å². The van der Waals surface area contributed by atoms with Crippen molar-refractivity contribution in [3.63, 3.8) is 0 Å². The summed E-state index contributed by atoms with van der Waals surface area (Å²) in [5.41, 5.74) is 7.89. The summed E-state index contributed by atoms with van der Waals surface area (Å²) < 4.78 is 0. The molecule has 0 saturated carbocycles. The van der Waals surface area contributed by atoms with E-state index < -0.39 is 0 Å². The van der Waals surface area contributed by atoms with Gasteiger partial charge < -0.3 is 10.8 Å². The van der Waals surface area contributed by atoms with Crippen LogP contribution in [0.4, 0.5) is 5.69 Å². The largest absolute Gasteiger partial charge is 0.872 e. The summed E-state index contributed by atoms with van der Waals surface area (Å²) >= 11 is 0. The average molecular weight is 210 g/mol. The molecular formula is C14H12NO-. The molecule has 1 aliphatic carbocycles. The zero-order valence-electron chi connectivity index (χ0n) is 8.76. The van der Waals surface area contributed by atoms with Crippen LogP contribution in [0, 0.1) is 0 Å². The van der Waals surface area contributed by atoms with Gasteiger partial charge in [-0.3, -0.25) is 0 Å². The van der Waals surface area contributed by atoms with Crippen LogP contribution in [-0.2, 0) is 0 Å². The van der Waals surface area contributed by atoms with Crippen molar-refractivity contribution in [3.05, 3.63) is 71.9 Å². The van der Waals surface area contributed by atoms with Gasteiger partial charge in [-0.25, -0.2) is 0 Å². The molecule has 0 amide bonds. The molecule has 1 aliphatic rings. The van der Waals surface area contributed by atoms with Crippen LogP contribution >= 0.6 is 0 Å². The lowest BCUT2D eigenvalue weighted by Crippen LogP contribution is -2.01. The lowest BCUT2D eigenvalue weighted by atomic mass is 10.1. The van der Waals surface area contributed by atoms with Crippen molar-refractivity contribution in [2.45, 2.75) is 0 Å². The lowest BCUT2D eigenvalue weighted by molar-refractivity contribution is -0.243. The van der Waals surface area contributed by atoms with Crippen LogP contribution in [0.2, 0.25) is 0 Å². The first-order valence-electron chi connectivity index (χ1n) is 5.05. The van der Waals surface area contributed by atoms with E-state index in [4.69, 9.17) is 5.73 Å². The maximum atomic E-state index is 11.7. The second kappa shape index (κ2) is 4.53. The maximum absolute atomic E-state index is 11.7. The molecule has 16 heavy (non-hydrogen) atoms. The van der Waals surface area contributed by atoms with Gasteiger partial charge in [0.2, 0.25) is 0 Å². The summed E-state index contributed by atoms with van der Waals surface area (Å²) in [6, 6.07) is 6.91. The first-order valence-corrected chi connectivity index (χ1v) is 5.05. The van der Waals surface area contributed by atoms with Crippen molar-refractivity contribution in [1.29, 1.82) is 0 Å². The van der Waals surface area contributed by atoms with E-state index in [9.17, 15) is 5.11 Å². The van der Waals surface area contributed by atoms with Gasteiger partial charge in [0.05, 0.1) is 0 Å². The first-order chi connectivity index (χ1) is 7.75. The number of nitrogen functional groups attached to an aromatic ring is 1. The van der Waals surface area contributed by atoms with Crippen LogP contribution < -0.4 is 10.8 Å². The monoisotopic (exact) mass is 210 g/mol. The van der Waals surface area contributed by atoms with Crippen LogP contribution in [-0.4, -0.2) is 0 Å². The summed E-state index contributed by atoms with van der Waals surface area (Å²) in [6.45, 7) is 0. The molecule has 0 bridgehead atoms. The lowest BCUT2D eigenvalue weighted by Gasteiger charge is -2.11. The molecular weight excluding hydrogens is 198 g/mol. The number of rotatable bonds is 2. The second-order valence-corrected chi connectivity index (χ2v) is 3.54. The molecule has 2 nitrogen and oxygen atoms in total. The molecule has 1 aromatic rings. The van der Waals surface area contributed by atoms with Crippen molar-refractivity contribution in [3.8, 4) is 0 Å². The Morgan fingerprint density at radius 2 is 1.69 bits per heavy atom. The molecule has 2 heteroatoms. The zero-order chi connectivity index (χ0) is 11.4. The highest BCUT2D eigenvalue weighted by Gasteiger charge is 1.91. The van der Waals surface area contributed by atoms with Crippen LogP contribution in [0.25, 0.3) is 5.76 Å². The zero-order valence-corrected chi connectivity index (χ0v) is 8.76. The van der Waals surface area contributed by atoms with Crippen LogP contribution in [0.5, 0.6) is 0 Å². The minimum atomic E-state index is -0.0128. The number of anilines is 1. The van der Waals surface area contributed by atoms with Gasteiger partial charge in [-0.05, 0) is 23.3 Å². The van der Waals surface area contributed by atoms with Gasteiger partial charge in [0.25, 0.3) is 0 Å². The van der Waals surface area contributed by atoms with E-state index in [-0.39, 0.29) is 5.76 Å². The summed E-state index contributed by atoms with van der Waals surface area (Å²) in [4.78, 5) is 0. The molecule has 0 heterocycles. The van der Waals surface area contributed by atoms with Gasteiger partial charge in [-0.15, -0.1) is 5.76 Å². The molecule has 0 unspecified atom stereocenters. The fraction of sp³-hybridized carbons (Fsp3) is 0. The number of nitrogens with two attached hydrogens (primary N) is 1. The molecule has 0 aromatic heterocycles. The second-order valence-electron chi connectivity index (χ2n) is 3.54. The van der Waals surface area contributed by atoms with Crippen LogP contribution in [0.3, 0.4) is 0 Å². The SMILES string of the molecule is Nc1ccc(C([O-])=CC=C2C=CC=C2)cc1. The molecule has 0 radical (unpaired) electrons. The smallest absolute Gasteiger partial charge is 0.0314 e. The van der Waals surface area contributed by atoms with Crippen molar-refractivity contribution in [2.24, 2.45) is 0 Å². The van der Waals surface area contributed by atoms with E-state index in [0.717, 1.165) is 5.57 Å². The molecule has 0 spiro atoms. The predicted octanol–water partition coefficient (Wildman–Crippen LogP) is 2.02. The Balaban J connectivity index is 2.18. The number of hydrogen-bond acceptors (Lipinski definition) is 2. The highest BCUT2D eigenvalue weighted by Crippen LogP contribution is 2.13. The topological polar surface area (TPSA) is 49.1 Å². The summed E-state index contributed by atoms with van der Waals surface area (Å²) in [7, 11) is 0. The van der Waals surface area contributed by atoms with E-state index in [0.29, 0.717) is 11.3 Å². The van der Waals surface area contributed by atoms with Gasteiger partial charge in [-0.2, -0.15) is 0 Å². The Morgan fingerprint density at radius 1 is 1.06 bits per heavy atom. The molecule has 0 aliphatic heterocycles. The number of hydrogen-bond donors (Lipinski definition) is 1. The highest BCUT2D eigenvalue weighted by molar-refractivity contribution is 5.61. The third kappa shape index (κ3) is 2.42. The fourth-order valence-electron chi connectivity index (χ4n) is 1.42. The maximum Gasteiger partial charge on any atom is 0.0314 e. The van der Waals surface area contributed by atoms with Crippen molar-refractivity contribution >= 4 is 11.4 Å². The molecule has 80 valence electrons. The summed E-state index contributed by atoms with van der Waals surface area (Å²) in [5.74, 6) is -0.0128. The first kappa shape index (κ1) is 10.3. The van der Waals surface area contributed by atoms with E-state index in [1.165, 1.54) is 0 Å². The van der Waals surface area contributed by atoms with E-state index >= 15 is 0 Å². The quantitative estimate of drug-likeness (QED) is 0.599. The van der Waals surface area contributed by atoms with Gasteiger partial charge in [-0.1, -0.05) is 48.6 Å². The number of benzene rings is 1. The minimum absolute atomic E-state index is 0.0128. The Hall–Kier alpha value is -2.22. The van der Waals surface area contributed by atoms with E-state index in [2.05, 4.69) is 0 Å². The average Bonchev–Trinajstić information content (AvgIpc) is 2.80. The highest BCUT2D eigenvalue weighted by atomic mass is 16.3. The molecule has 0 fully saturated rings. The summed E-state index contributed by atoms with van der Waals surface area (Å²) in [6.07, 6.45) is 11.2. The van der Waals surface area contributed by atoms with Gasteiger partial charge in [0.1, 0.15) is 0 Å². The standard InChI is InChI=1S/C14H13NO/c15-13-8-6-12(7-9-13)14(16)10-5-11-3-1-2-4-11/h1-10,16H,15H2/p-1. The van der Waals surface area contributed by atoms with Gasteiger partial charge >= 0.3 is 0 Å². The minimum Gasteiger partial charge on any atom is -0.872 e. The Morgan fingerprint density at radius 3 is 2.31 bits per heavy atom.